The second-order valence-electron chi connectivity index (χ2n) is 7.89. The molecule has 0 aliphatic carbocycles. The van der Waals surface area contributed by atoms with E-state index >= 15 is 0 Å². The summed E-state index contributed by atoms with van der Waals surface area (Å²) in [5.74, 6) is -3.41. The van der Waals surface area contributed by atoms with E-state index in [0.717, 1.165) is 11.1 Å². The third-order valence-electron chi connectivity index (χ3n) is 5.03. The summed E-state index contributed by atoms with van der Waals surface area (Å²) in [7, 11) is 0. The van der Waals surface area contributed by atoms with Crippen molar-refractivity contribution in [3.8, 4) is 0 Å². The molecule has 2 aromatic carbocycles. The van der Waals surface area contributed by atoms with E-state index in [-0.39, 0.29) is 12.8 Å². The average Bonchev–Trinajstić information content (AvgIpc) is 2.81. The van der Waals surface area contributed by atoms with Crippen LogP contribution in [0.15, 0.2) is 60.7 Å². The van der Waals surface area contributed by atoms with Gasteiger partial charge in [0.2, 0.25) is 17.7 Å². The summed E-state index contributed by atoms with van der Waals surface area (Å²) >= 11 is 0. The van der Waals surface area contributed by atoms with Gasteiger partial charge < -0.3 is 31.9 Å². The number of aliphatic carboxylic acids is 1. The molecule has 0 bridgehead atoms. The number of carboxylic acid groups (broad SMARTS) is 1. The minimum Gasteiger partial charge on any atom is -0.480 e. The van der Waals surface area contributed by atoms with Crippen LogP contribution in [0.25, 0.3) is 0 Å². The first-order valence-corrected chi connectivity index (χ1v) is 10.8. The quantitative estimate of drug-likeness (QED) is 0.239. The largest absolute Gasteiger partial charge is 0.480 e. The molecule has 0 fully saturated rings. The molecule has 182 valence electrons. The van der Waals surface area contributed by atoms with Crippen LogP contribution >= 0.6 is 0 Å². The Morgan fingerprint density at radius 1 is 0.824 bits per heavy atom. The molecule has 0 saturated heterocycles. The van der Waals surface area contributed by atoms with Gasteiger partial charge in [0.15, 0.2) is 0 Å². The minimum absolute atomic E-state index is 0.111. The topological polar surface area (TPSA) is 171 Å². The first-order chi connectivity index (χ1) is 16.2. The fraction of sp³-hybridized carbons (Fsp3) is 0.333. The summed E-state index contributed by atoms with van der Waals surface area (Å²) < 4.78 is 0. The van der Waals surface area contributed by atoms with Crippen molar-refractivity contribution in [1.82, 2.24) is 16.0 Å². The predicted octanol–water partition coefficient (Wildman–Crippen LogP) is -0.650. The molecule has 0 saturated carbocycles. The summed E-state index contributed by atoms with van der Waals surface area (Å²) in [6.45, 7) is 0.613. The smallest absolute Gasteiger partial charge is 0.322 e. The fourth-order valence-electron chi connectivity index (χ4n) is 3.23. The van der Waals surface area contributed by atoms with Gasteiger partial charge in [-0.05, 0) is 24.5 Å². The first kappa shape index (κ1) is 26.5. The van der Waals surface area contributed by atoms with E-state index in [1.165, 1.54) is 6.92 Å². The number of carboxylic acids is 1. The van der Waals surface area contributed by atoms with Crippen LogP contribution in [0.2, 0.25) is 0 Å². The Kier molecular flexibility index (Phi) is 10.2. The zero-order chi connectivity index (χ0) is 25.1. The monoisotopic (exact) mass is 470 g/mol. The minimum atomic E-state index is -1.42. The summed E-state index contributed by atoms with van der Waals surface area (Å²) in [5.41, 5.74) is 7.67. The summed E-state index contributed by atoms with van der Waals surface area (Å²) in [5, 5.41) is 25.9. The number of carbonyl (C=O) groups excluding carboxylic acids is 3. The summed E-state index contributed by atoms with van der Waals surface area (Å²) in [6, 6.07) is 14.7. The highest BCUT2D eigenvalue weighted by molar-refractivity contribution is 5.94. The number of benzene rings is 2. The molecule has 4 atom stereocenters. The highest BCUT2D eigenvalue weighted by Crippen LogP contribution is 2.07. The lowest BCUT2D eigenvalue weighted by Crippen LogP contribution is -2.59. The average molecular weight is 471 g/mol. The number of nitrogens with one attached hydrogen (secondary N) is 3. The highest BCUT2D eigenvalue weighted by Gasteiger charge is 2.31. The summed E-state index contributed by atoms with van der Waals surface area (Å²) in [6.07, 6.45) is -0.939. The molecule has 0 spiro atoms. The van der Waals surface area contributed by atoms with Crippen molar-refractivity contribution < 1.29 is 29.4 Å². The van der Waals surface area contributed by atoms with E-state index in [2.05, 4.69) is 16.0 Å². The van der Waals surface area contributed by atoms with Gasteiger partial charge in [-0.1, -0.05) is 60.7 Å². The lowest BCUT2D eigenvalue weighted by Gasteiger charge is -2.25. The number of aliphatic hydroxyl groups is 1. The maximum atomic E-state index is 13.0. The van der Waals surface area contributed by atoms with Crippen LogP contribution in [0.5, 0.6) is 0 Å². The molecular formula is C24H30N4O6. The van der Waals surface area contributed by atoms with Crippen molar-refractivity contribution >= 4 is 23.7 Å². The van der Waals surface area contributed by atoms with Crippen LogP contribution in [0.4, 0.5) is 0 Å². The Hall–Kier alpha value is -3.76. The molecule has 0 aromatic heterocycles. The number of amides is 3. The zero-order valence-electron chi connectivity index (χ0n) is 18.8. The number of aliphatic hydroxyl groups excluding tert-OH is 1. The maximum absolute atomic E-state index is 13.0. The second-order valence-corrected chi connectivity index (χ2v) is 7.89. The Morgan fingerprint density at radius 3 is 1.85 bits per heavy atom. The lowest BCUT2D eigenvalue weighted by molar-refractivity contribution is -0.139. The van der Waals surface area contributed by atoms with Crippen LogP contribution in [-0.2, 0) is 32.0 Å². The van der Waals surface area contributed by atoms with E-state index in [0.29, 0.717) is 0 Å². The van der Waals surface area contributed by atoms with E-state index in [1.54, 1.807) is 24.3 Å². The Bertz CT molecular complexity index is 968. The molecule has 0 radical (unpaired) electrons. The van der Waals surface area contributed by atoms with Gasteiger partial charge in [-0.25, -0.2) is 0 Å². The Morgan fingerprint density at radius 2 is 1.35 bits per heavy atom. The molecule has 34 heavy (non-hydrogen) atoms. The van der Waals surface area contributed by atoms with Gasteiger partial charge in [-0.2, -0.15) is 0 Å². The van der Waals surface area contributed by atoms with Crippen LogP contribution in [0.3, 0.4) is 0 Å². The van der Waals surface area contributed by atoms with Gasteiger partial charge in [0.25, 0.3) is 0 Å². The Labute approximate surface area is 197 Å². The van der Waals surface area contributed by atoms with Gasteiger partial charge in [0.1, 0.15) is 18.6 Å². The van der Waals surface area contributed by atoms with Crippen molar-refractivity contribution in [2.45, 2.75) is 44.0 Å². The molecule has 4 unspecified atom stereocenters. The SMILES string of the molecule is CC(O)C(NC(=O)C(Cc1ccccc1)NC(=O)C(N)Cc1ccccc1)C(=O)NCC(=O)O. The molecule has 0 heterocycles. The highest BCUT2D eigenvalue weighted by atomic mass is 16.4. The van der Waals surface area contributed by atoms with Crippen molar-refractivity contribution in [2.24, 2.45) is 5.73 Å². The number of hydrogen-bond donors (Lipinski definition) is 6. The van der Waals surface area contributed by atoms with Crippen LogP contribution < -0.4 is 21.7 Å². The molecule has 7 N–H and O–H groups in total. The van der Waals surface area contributed by atoms with E-state index in [4.69, 9.17) is 10.8 Å². The van der Waals surface area contributed by atoms with E-state index in [9.17, 15) is 24.3 Å². The molecule has 3 amide bonds. The molecule has 2 aromatic rings. The van der Waals surface area contributed by atoms with Crippen LogP contribution in [0.1, 0.15) is 18.1 Å². The first-order valence-electron chi connectivity index (χ1n) is 10.8. The van der Waals surface area contributed by atoms with Crippen molar-refractivity contribution in [1.29, 1.82) is 0 Å². The van der Waals surface area contributed by atoms with Crippen molar-refractivity contribution in [3.05, 3.63) is 71.8 Å². The molecule has 10 nitrogen and oxygen atoms in total. The van der Waals surface area contributed by atoms with Gasteiger partial charge >= 0.3 is 5.97 Å². The van der Waals surface area contributed by atoms with E-state index in [1.807, 2.05) is 36.4 Å². The standard InChI is InChI=1S/C24H30N4O6/c1-15(29)21(24(34)26-14-20(30)31)28-23(33)19(13-17-10-6-3-7-11-17)27-22(32)18(25)12-16-8-4-2-5-9-16/h2-11,15,18-19,21,29H,12-14,25H2,1H3,(H,26,34)(H,27,32)(H,28,33)(H,30,31). The molecule has 2 rings (SSSR count). The molecule has 0 aliphatic rings. The maximum Gasteiger partial charge on any atom is 0.322 e. The second kappa shape index (κ2) is 13.1. The third kappa shape index (κ3) is 8.64. The van der Waals surface area contributed by atoms with Gasteiger partial charge in [-0.3, -0.25) is 19.2 Å². The Balaban J connectivity index is 2.14. The third-order valence-corrected chi connectivity index (χ3v) is 5.03. The predicted molar refractivity (Wildman–Crippen MR) is 124 cm³/mol. The number of carbonyl (C=O) groups is 4. The number of rotatable bonds is 12. The number of hydrogen-bond acceptors (Lipinski definition) is 6. The van der Waals surface area contributed by atoms with Crippen LogP contribution in [-0.4, -0.2) is 64.7 Å². The zero-order valence-corrected chi connectivity index (χ0v) is 18.8. The normalized spacial score (nSPS) is 14.2. The fourth-order valence-corrected chi connectivity index (χ4v) is 3.23. The lowest BCUT2D eigenvalue weighted by atomic mass is 10.0. The molecule has 10 heteroatoms. The van der Waals surface area contributed by atoms with E-state index < -0.39 is 54.5 Å². The summed E-state index contributed by atoms with van der Waals surface area (Å²) in [4.78, 5) is 48.8. The van der Waals surface area contributed by atoms with Gasteiger partial charge in [0.05, 0.1) is 12.1 Å². The van der Waals surface area contributed by atoms with Gasteiger partial charge in [-0.15, -0.1) is 0 Å². The number of nitrogens with two attached hydrogens (primary N) is 1. The van der Waals surface area contributed by atoms with Crippen LogP contribution in [0, 0.1) is 0 Å². The van der Waals surface area contributed by atoms with Gasteiger partial charge in [0, 0.05) is 6.42 Å². The molecule has 0 aliphatic heterocycles. The molecular weight excluding hydrogens is 440 g/mol. The van der Waals surface area contributed by atoms with Crippen molar-refractivity contribution in [3.63, 3.8) is 0 Å². The van der Waals surface area contributed by atoms with Crippen molar-refractivity contribution in [2.75, 3.05) is 6.54 Å².